The molecular formula is C16H14F3N3O3S. The van der Waals surface area contributed by atoms with Gasteiger partial charge in [-0.05, 0) is 37.1 Å². The van der Waals surface area contributed by atoms with Crippen molar-refractivity contribution in [1.29, 1.82) is 0 Å². The number of anilines is 2. The number of alkyl halides is 3. The maximum atomic E-state index is 13.0. The number of halogens is 3. The average Bonchev–Trinajstić information content (AvgIpc) is 3.26. The molecule has 1 aliphatic heterocycles. The van der Waals surface area contributed by atoms with Crippen LogP contribution in [0, 0.1) is 10.1 Å². The summed E-state index contributed by atoms with van der Waals surface area (Å²) in [5.41, 5.74) is -0.314. The van der Waals surface area contributed by atoms with Crippen molar-refractivity contribution in [3.63, 3.8) is 0 Å². The number of hydrogen-bond donors (Lipinski definition) is 1. The van der Waals surface area contributed by atoms with Crippen LogP contribution in [-0.4, -0.2) is 23.9 Å². The van der Waals surface area contributed by atoms with Crippen LogP contribution in [0.1, 0.15) is 28.1 Å². The van der Waals surface area contributed by atoms with Gasteiger partial charge in [0.2, 0.25) is 0 Å². The predicted molar refractivity (Wildman–Crippen MR) is 91.8 cm³/mol. The highest BCUT2D eigenvalue weighted by molar-refractivity contribution is 7.17. The van der Waals surface area contributed by atoms with Gasteiger partial charge < -0.3 is 10.2 Å². The Kier molecular flexibility index (Phi) is 4.86. The quantitative estimate of drug-likeness (QED) is 0.620. The van der Waals surface area contributed by atoms with Crippen LogP contribution < -0.4 is 10.2 Å². The molecule has 1 aromatic heterocycles. The molecule has 2 heterocycles. The average molecular weight is 385 g/mol. The summed E-state index contributed by atoms with van der Waals surface area (Å²) >= 11 is 0.669. The number of nitrogens with one attached hydrogen (secondary N) is 1. The third-order valence-electron chi connectivity index (χ3n) is 4.01. The van der Waals surface area contributed by atoms with Crippen LogP contribution in [0.3, 0.4) is 0 Å². The number of nitro groups is 1. The Morgan fingerprint density at radius 1 is 1.19 bits per heavy atom. The van der Waals surface area contributed by atoms with Gasteiger partial charge in [-0.2, -0.15) is 13.2 Å². The zero-order valence-corrected chi connectivity index (χ0v) is 14.2. The Balaban J connectivity index is 1.92. The topological polar surface area (TPSA) is 75.5 Å². The van der Waals surface area contributed by atoms with Gasteiger partial charge in [-0.3, -0.25) is 14.9 Å². The SMILES string of the molecule is O=C(Nc1cc(C(F)(F)F)ccc1N1CCCC1)c1ccc([N+](=O)[O-])s1. The highest BCUT2D eigenvalue weighted by Crippen LogP contribution is 2.37. The van der Waals surface area contributed by atoms with Crippen molar-refractivity contribution in [3.8, 4) is 0 Å². The lowest BCUT2D eigenvalue weighted by atomic mass is 10.1. The van der Waals surface area contributed by atoms with Gasteiger partial charge in [0, 0.05) is 19.2 Å². The minimum atomic E-state index is -4.54. The van der Waals surface area contributed by atoms with Gasteiger partial charge in [0.1, 0.15) is 0 Å². The largest absolute Gasteiger partial charge is 0.416 e. The highest BCUT2D eigenvalue weighted by atomic mass is 32.1. The first-order valence-corrected chi connectivity index (χ1v) is 8.59. The smallest absolute Gasteiger partial charge is 0.370 e. The lowest BCUT2D eigenvalue weighted by Crippen LogP contribution is -2.21. The molecule has 0 spiro atoms. The lowest BCUT2D eigenvalue weighted by Gasteiger charge is -2.22. The van der Waals surface area contributed by atoms with Crippen molar-refractivity contribution in [2.24, 2.45) is 0 Å². The minimum Gasteiger partial charge on any atom is -0.370 e. The highest BCUT2D eigenvalue weighted by Gasteiger charge is 2.32. The van der Waals surface area contributed by atoms with Gasteiger partial charge in [-0.25, -0.2) is 0 Å². The molecule has 2 aromatic rings. The molecule has 1 aromatic carbocycles. The zero-order valence-electron chi connectivity index (χ0n) is 13.4. The number of nitrogens with zero attached hydrogens (tertiary/aromatic N) is 2. The van der Waals surface area contributed by atoms with E-state index in [-0.39, 0.29) is 15.6 Å². The summed E-state index contributed by atoms with van der Waals surface area (Å²) in [5, 5.41) is 13.0. The second-order valence-corrected chi connectivity index (χ2v) is 6.84. The lowest BCUT2D eigenvalue weighted by molar-refractivity contribution is -0.380. The van der Waals surface area contributed by atoms with Crippen molar-refractivity contribution < 1.29 is 22.9 Å². The predicted octanol–water partition coefficient (Wildman–Crippen LogP) is 4.53. The number of amides is 1. The molecule has 26 heavy (non-hydrogen) atoms. The number of carbonyl (C=O) groups excluding carboxylic acids is 1. The van der Waals surface area contributed by atoms with E-state index in [1.165, 1.54) is 18.2 Å². The summed E-state index contributed by atoms with van der Waals surface area (Å²) in [6.45, 7) is 1.39. The Morgan fingerprint density at radius 2 is 1.88 bits per heavy atom. The minimum absolute atomic E-state index is 0.0442. The third-order valence-corrected chi connectivity index (χ3v) is 5.05. The van der Waals surface area contributed by atoms with E-state index in [9.17, 15) is 28.1 Å². The van der Waals surface area contributed by atoms with Crippen LogP contribution >= 0.6 is 11.3 Å². The first kappa shape index (κ1) is 18.2. The van der Waals surface area contributed by atoms with E-state index < -0.39 is 22.6 Å². The van der Waals surface area contributed by atoms with E-state index in [2.05, 4.69) is 5.32 Å². The molecule has 0 atom stereocenters. The van der Waals surface area contributed by atoms with Gasteiger partial charge in [-0.15, -0.1) is 0 Å². The van der Waals surface area contributed by atoms with E-state index in [0.29, 0.717) is 30.1 Å². The van der Waals surface area contributed by atoms with Crippen molar-refractivity contribution in [3.05, 3.63) is 50.9 Å². The first-order chi connectivity index (χ1) is 12.3. The zero-order chi connectivity index (χ0) is 18.9. The Morgan fingerprint density at radius 3 is 2.46 bits per heavy atom. The second kappa shape index (κ2) is 6.94. The van der Waals surface area contributed by atoms with Gasteiger partial charge in [0.05, 0.1) is 26.7 Å². The number of benzene rings is 1. The summed E-state index contributed by atoms with van der Waals surface area (Å²) in [7, 11) is 0. The van der Waals surface area contributed by atoms with Gasteiger partial charge >= 0.3 is 11.2 Å². The van der Waals surface area contributed by atoms with Crippen LogP contribution in [0.4, 0.5) is 29.5 Å². The molecule has 0 bridgehead atoms. The standard InChI is InChI=1S/C16H14F3N3O3S/c17-16(18,19)10-3-4-12(21-7-1-2-8-21)11(9-10)20-15(23)13-5-6-14(26-13)22(24)25/h3-6,9H,1-2,7-8H2,(H,20,23). The van der Waals surface area contributed by atoms with Gasteiger partial charge in [0.15, 0.2) is 0 Å². The number of carbonyl (C=O) groups is 1. The van der Waals surface area contributed by atoms with Crippen molar-refractivity contribution >= 4 is 33.6 Å². The summed E-state index contributed by atoms with van der Waals surface area (Å²) < 4.78 is 39.1. The van der Waals surface area contributed by atoms with Crippen LogP contribution in [0.25, 0.3) is 0 Å². The van der Waals surface area contributed by atoms with Gasteiger partial charge in [-0.1, -0.05) is 11.3 Å². The molecule has 3 rings (SSSR count). The molecule has 1 aliphatic rings. The molecular weight excluding hydrogens is 371 g/mol. The number of rotatable bonds is 4. The van der Waals surface area contributed by atoms with E-state index in [0.717, 1.165) is 25.0 Å². The fourth-order valence-electron chi connectivity index (χ4n) is 2.78. The Labute approximate surface area is 150 Å². The second-order valence-electron chi connectivity index (χ2n) is 5.77. The Bertz CT molecular complexity index is 845. The fourth-order valence-corrected chi connectivity index (χ4v) is 3.49. The maximum Gasteiger partial charge on any atom is 0.416 e. The van der Waals surface area contributed by atoms with E-state index >= 15 is 0 Å². The fraction of sp³-hybridized carbons (Fsp3) is 0.312. The van der Waals surface area contributed by atoms with Crippen molar-refractivity contribution in [1.82, 2.24) is 0 Å². The third kappa shape index (κ3) is 3.79. The van der Waals surface area contributed by atoms with Crippen molar-refractivity contribution in [2.45, 2.75) is 19.0 Å². The molecule has 0 unspecified atom stereocenters. The maximum absolute atomic E-state index is 13.0. The summed E-state index contributed by atoms with van der Waals surface area (Å²) in [4.78, 5) is 24.4. The molecule has 6 nitrogen and oxygen atoms in total. The first-order valence-electron chi connectivity index (χ1n) is 7.77. The Hall–Kier alpha value is -2.62. The molecule has 1 amide bonds. The summed E-state index contributed by atoms with van der Waals surface area (Å²) in [6, 6.07) is 5.70. The summed E-state index contributed by atoms with van der Waals surface area (Å²) in [6.07, 6.45) is -2.69. The van der Waals surface area contributed by atoms with Crippen LogP contribution in [0.2, 0.25) is 0 Å². The normalized spacial score (nSPS) is 14.5. The molecule has 0 radical (unpaired) electrons. The van der Waals surface area contributed by atoms with E-state index in [1.54, 1.807) is 0 Å². The molecule has 0 saturated carbocycles. The van der Waals surface area contributed by atoms with Crippen LogP contribution in [-0.2, 0) is 6.18 Å². The molecule has 138 valence electrons. The number of hydrogen-bond acceptors (Lipinski definition) is 5. The monoisotopic (exact) mass is 385 g/mol. The van der Waals surface area contributed by atoms with Crippen LogP contribution in [0.5, 0.6) is 0 Å². The molecule has 1 saturated heterocycles. The van der Waals surface area contributed by atoms with E-state index in [1.807, 2.05) is 4.90 Å². The van der Waals surface area contributed by atoms with Crippen molar-refractivity contribution in [2.75, 3.05) is 23.3 Å². The van der Waals surface area contributed by atoms with E-state index in [4.69, 9.17) is 0 Å². The number of thiophene rings is 1. The molecule has 1 N–H and O–H groups in total. The van der Waals surface area contributed by atoms with Gasteiger partial charge in [0.25, 0.3) is 5.91 Å². The van der Waals surface area contributed by atoms with Crippen LogP contribution in [0.15, 0.2) is 30.3 Å². The molecule has 0 aliphatic carbocycles. The summed E-state index contributed by atoms with van der Waals surface area (Å²) in [5.74, 6) is -0.678. The molecule has 1 fully saturated rings. The molecule has 10 heteroatoms.